The Morgan fingerprint density at radius 3 is 2.78 bits per heavy atom. The summed E-state index contributed by atoms with van der Waals surface area (Å²) in [5.74, 6) is 0.660. The Bertz CT molecular complexity index is 557. The van der Waals surface area contributed by atoms with Crippen LogP contribution in [-0.4, -0.2) is 18.3 Å². The molecule has 0 unspecified atom stereocenters. The summed E-state index contributed by atoms with van der Waals surface area (Å²) in [5, 5.41) is 0.716. The maximum absolute atomic E-state index is 11.0. The Balaban J connectivity index is 2.25. The van der Waals surface area contributed by atoms with E-state index in [0.717, 1.165) is 11.8 Å². The van der Waals surface area contributed by atoms with Gasteiger partial charge in [-0.3, -0.25) is 4.79 Å². The number of hydrogen-bond donors (Lipinski definition) is 0. The predicted octanol–water partition coefficient (Wildman–Crippen LogP) is 3.18. The molecule has 2 aromatic rings. The average molecular weight is 261 g/mol. The minimum Gasteiger partial charge on any atom is -0.355 e. The van der Waals surface area contributed by atoms with Crippen LogP contribution in [0.25, 0.3) is 0 Å². The van der Waals surface area contributed by atoms with Gasteiger partial charge in [0.05, 0.1) is 5.56 Å². The van der Waals surface area contributed by atoms with Gasteiger partial charge >= 0.3 is 0 Å². The molecule has 0 fully saturated rings. The first-order chi connectivity index (χ1) is 8.72. The second-order valence-electron chi connectivity index (χ2n) is 3.98. The monoisotopic (exact) mass is 260 g/mol. The van der Waals surface area contributed by atoms with E-state index < -0.39 is 0 Å². The molecule has 0 N–H and O–H groups in total. The molecule has 0 aliphatic rings. The van der Waals surface area contributed by atoms with Crippen LogP contribution in [0.2, 0.25) is 5.02 Å². The summed E-state index contributed by atoms with van der Waals surface area (Å²) in [6.07, 6.45) is 2.48. The number of hydrogen-bond acceptors (Lipinski definition) is 3. The lowest BCUT2D eigenvalue weighted by molar-refractivity contribution is 0.112. The van der Waals surface area contributed by atoms with E-state index in [9.17, 15) is 4.79 Å². The van der Waals surface area contributed by atoms with E-state index in [4.69, 9.17) is 11.6 Å². The van der Waals surface area contributed by atoms with Gasteiger partial charge in [-0.25, -0.2) is 4.98 Å². The Labute approximate surface area is 111 Å². The van der Waals surface area contributed by atoms with Gasteiger partial charge in [0.2, 0.25) is 0 Å². The van der Waals surface area contributed by atoms with Crippen molar-refractivity contribution in [3.8, 4) is 0 Å². The Kier molecular flexibility index (Phi) is 3.95. The van der Waals surface area contributed by atoms with Crippen LogP contribution in [0.3, 0.4) is 0 Å². The van der Waals surface area contributed by atoms with Crippen LogP contribution in [0.1, 0.15) is 15.9 Å². The lowest BCUT2D eigenvalue weighted by Crippen LogP contribution is -2.19. The highest BCUT2D eigenvalue weighted by Crippen LogP contribution is 2.20. The van der Waals surface area contributed by atoms with Crippen molar-refractivity contribution in [3.05, 3.63) is 58.7 Å². The molecule has 1 aromatic heterocycles. The van der Waals surface area contributed by atoms with Gasteiger partial charge in [-0.2, -0.15) is 0 Å². The summed E-state index contributed by atoms with van der Waals surface area (Å²) in [5.41, 5.74) is 1.58. The fraction of sp³-hybridized carbons (Fsp3) is 0.143. The fourth-order valence-corrected chi connectivity index (χ4v) is 1.97. The number of halogens is 1. The van der Waals surface area contributed by atoms with Crippen LogP contribution >= 0.6 is 11.6 Å². The van der Waals surface area contributed by atoms with E-state index in [1.54, 1.807) is 18.3 Å². The number of nitrogens with zero attached hydrogens (tertiary/aromatic N) is 2. The van der Waals surface area contributed by atoms with Gasteiger partial charge in [0.15, 0.2) is 6.29 Å². The molecule has 0 atom stereocenters. The molecule has 1 heterocycles. The number of aromatic nitrogens is 1. The molecule has 0 spiro atoms. The number of rotatable bonds is 4. The first-order valence-corrected chi connectivity index (χ1v) is 5.95. The zero-order valence-electron chi connectivity index (χ0n) is 10.0. The predicted molar refractivity (Wildman–Crippen MR) is 73.2 cm³/mol. The van der Waals surface area contributed by atoms with Gasteiger partial charge in [-0.1, -0.05) is 29.8 Å². The zero-order chi connectivity index (χ0) is 13.0. The van der Waals surface area contributed by atoms with Crippen molar-refractivity contribution in [2.24, 2.45) is 0 Å². The van der Waals surface area contributed by atoms with Crippen LogP contribution < -0.4 is 4.90 Å². The molecule has 4 heteroatoms. The molecule has 18 heavy (non-hydrogen) atoms. The third kappa shape index (κ3) is 2.68. The molecular weight excluding hydrogens is 248 g/mol. The van der Waals surface area contributed by atoms with Crippen molar-refractivity contribution < 1.29 is 4.79 Å². The molecule has 1 aromatic carbocycles. The van der Waals surface area contributed by atoms with Crippen molar-refractivity contribution in [2.45, 2.75) is 6.54 Å². The van der Waals surface area contributed by atoms with Crippen molar-refractivity contribution >= 4 is 23.7 Å². The number of anilines is 1. The third-order valence-electron chi connectivity index (χ3n) is 2.67. The third-order valence-corrected chi connectivity index (χ3v) is 3.04. The van der Waals surface area contributed by atoms with Gasteiger partial charge in [-0.05, 0) is 23.8 Å². The Morgan fingerprint density at radius 2 is 2.06 bits per heavy atom. The molecule has 0 saturated carbocycles. The fourth-order valence-electron chi connectivity index (χ4n) is 1.78. The lowest BCUT2D eigenvalue weighted by Gasteiger charge is -2.20. The molecule has 0 saturated heterocycles. The number of carbonyl (C=O) groups excluding carboxylic acids is 1. The summed E-state index contributed by atoms with van der Waals surface area (Å²) < 4.78 is 0. The van der Waals surface area contributed by atoms with Crippen LogP contribution in [0, 0.1) is 0 Å². The molecule has 0 radical (unpaired) electrons. The number of pyridine rings is 1. The first-order valence-electron chi connectivity index (χ1n) is 5.57. The number of aldehydes is 1. The lowest BCUT2D eigenvalue weighted by atomic mass is 10.2. The normalized spacial score (nSPS) is 10.1. The molecule has 2 rings (SSSR count). The topological polar surface area (TPSA) is 33.2 Å². The molecule has 0 aliphatic carbocycles. The summed E-state index contributed by atoms with van der Waals surface area (Å²) in [7, 11) is 1.89. The SMILES string of the molecule is CN(Cc1ccccc1Cl)c1ncccc1C=O. The molecule has 0 aliphatic heterocycles. The first kappa shape index (κ1) is 12.6. The maximum atomic E-state index is 11.0. The highest BCUT2D eigenvalue weighted by atomic mass is 35.5. The van der Waals surface area contributed by atoms with E-state index in [1.165, 1.54) is 0 Å². The summed E-state index contributed by atoms with van der Waals surface area (Å²) in [4.78, 5) is 17.1. The van der Waals surface area contributed by atoms with Gasteiger partial charge in [-0.15, -0.1) is 0 Å². The standard InChI is InChI=1S/C14H13ClN2O/c1-17(9-11-5-2-3-7-13(11)15)14-12(10-18)6-4-8-16-14/h2-8,10H,9H2,1H3. The van der Waals surface area contributed by atoms with Crippen LogP contribution in [-0.2, 0) is 6.54 Å². The van der Waals surface area contributed by atoms with Gasteiger partial charge in [0, 0.05) is 24.8 Å². The molecular formula is C14H13ClN2O. The number of carbonyl (C=O) groups is 1. The van der Waals surface area contributed by atoms with Crippen molar-refractivity contribution in [3.63, 3.8) is 0 Å². The largest absolute Gasteiger partial charge is 0.355 e. The summed E-state index contributed by atoms with van der Waals surface area (Å²) >= 11 is 6.11. The Morgan fingerprint density at radius 1 is 1.28 bits per heavy atom. The van der Waals surface area contributed by atoms with Crippen molar-refractivity contribution in [2.75, 3.05) is 11.9 Å². The minimum atomic E-state index is 0.576. The second kappa shape index (κ2) is 5.65. The summed E-state index contributed by atoms with van der Waals surface area (Å²) in [6, 6.07) is 11.1. The van der Waals surface area contributed by atoms with Gasteiger partial charge in [0.1, 0.15) is 5.82 Å². The molecule has 3 nitrogen and oxygen atoms in total. The van der Waals surface area contributed by atoms with Crippen LogP contribution in [0.4, 0.5) is 5.82 Å². The minimum absolute atomic E-state index is 0.576. The number of benzene rings is 1. The zero-order valence-corrected chi connectivity index (χ0v) is 10.8. The van der Waals surface area contributed by atoms with Gasteiger partial charge in [0.25, 0.3) is 0 Å². The second-order valence-corrected chi connectivity index (χ2v) is 4.39. The smallest absolute Gasteiger partial charge is 0.153 e. The molecule has 0 bridgehead atoms. The van der Waals surface area contributed by atoms with Crippen LogP contribution in [0.5, 0.6) is 0 Å². The van der Waals surface area contributed by atoms with E-state index in [0.29, 0.717) is 22.9 Å². The average Bonchev–Trinajstić information content (AvgIpc) is 2.41. The highest BCUT2D eigenvalue weighted by Gasteiger charge is 2.09. The van der Waals surface area contributed by atoms with Crippen molar-refractivity contribution in [1.29, 1.82) is 0 Å². The Hall–Kier alpha value is -1.87. The van der Waals surface area contributed by atoms with E-state index >= 15 is 0 Å². The van der Waals surface area contributed by atoms with Crippen molar-refractivity contribution in [1.82, 2.24) is 4.98 Å². The molecule has 92 valence electrons. The molecule has 0 amide bonds. The van der Waals surface area contributed by atoms with E-state index in [2.05, 4.69) is 4.98 Å². The highest BCUT2D eigenvalue weighted by molar-refractivity contribution is 6.31. The van der Waals surface area contributed by atoms with Gasteiger partial charge < -0.3 is 4.90 Å². The van der Waals surface area contributed by atoms with E-state index in [1.807, 2.05) is 36.2 Å². The maximum Gasteiger partial charge on any atom is 0.153 e. The van der Waals surface area contributed by atoms with E-state index in [-0.39, 0.29) is 0 Å². The quantitative estimate of drug-likeness (QED) is 0.792. The van der Waals surface area contributed by atoms with Crippen LogP contribution in [0.15, 0.2) is 42.6 Å². The summed E-state index contributed by atoms with van der Waals surface area (Å²) in [6.45, 7) is 0.609.